The highest BCUT2D eigenvalue weighted by molar-refractivity contribution is 7.71. The summed E-state index contributed by atoms with van der Waals surface area (Å²) in [5.74, 6) is 0.0901. The van der Waals surface area contributed by atoms with E-state index in [0.717, 1.165) is 12.8 Å². The van der Waals surface area contributed by atoms with Crippen molar-refractivity contribution < 1.29 is 14.4 Å². The summed E-state index contributed by atoms with van der Waals surface area (Å²) in [6.45, 7) is 1.93. The lowest BCUT2D eigenvalue weighted by atomic mass is 9.98. The molecule has 5 rings (SSSR count). The zero-order valence-electron chi connectivity index (χ0n) is 16.6. The predicted molar refractivity (Wildman–Crippen MR) is 110 cm³/mol. The van der Waals surface area contributed by atoms with Gasteiger partial charge in [0, 0.05) is 12.5 Å². The number of para-hydroxylation sites is 1. The summed E-state index contributed by atoms with van der Waals surface area (Å²) in [5, 5.41) is 9.84. The maximum Gasteiger partial charge on any atom is 0.258 e. The number of H-pyrrole nitrogens is 1. The highest BCUT2D eigenvalue weighted by atomic mass is 32.1. The highest BCUT2D eigenvalue weighted by Gasteiger charge is 2.53. The van der Waals surface area contributed by atoms with Crippen LogP contribution in [0.5, 0.6) is 0 Å². The maximum absolute atomic E-state index is 13.2. The summed E-state index contributed by atoms with van der Waals surface area (Å²) >= 11 is 5.27. The van der Waals surface area contributed by atoms with E-state index in [4.69, 9.17) is 12.2 Å². The molecule has 0 radical (unpaired) electrons. The summed E-state index contributed by atoms with van der Waals surface area (Å²) in [7, 11) is 0. The van der Waals surface area contributed by atoms with Gasteiger partial charge in [0.15, 0.2) is 10.6 Å². The smallest absolute Gasteiger partial charge is 0.258 e. The molecule has 9 nitrogen and oxygen atoms in total. The second kappa shape index (κ2) is 6.76. The van der Waals surface area contributed by atoms with Crippen LogP contribution < -0.4 is 10.2 Å². The molecule has 2 fully saturated rings. The number of carbonyl (C=O) groups excluding carboxylic acids is 3. The SMILES string of the molecule is CC12CCC(=O)N1c1ccccc1C(=O)N2CC(=O)NCc1n[nH]c(=S)n1C1CC1. The molecule has 3 heterocycles. The van der Waals surface area contributed by atoms with Crippen LogP contribution >= 0.6 is 12.2 Å². The zero-order valence-corrected chi connectivity index (χ0v) is 17.4. The normalized spacial score (nSPS) is 22.8. The van der Waals surface area contributed by atoms with Gasteiger partial charge in [-0.1, -0.05) is 12.1 Å². The van der Waals surface area contributed by atoms with E-state index in [2.05, 4.69) is 15.5 Å². The van der Waals surface area contributed by atoms with Gasteiger partial charge in [-0.05, 0) is 50.5 Å². The summed E-state index contributed by atoms with van der Waals surface area (Å²) in [5.41, 5.74) is 0.199. The molecule has 30 heavy (non-hydrogen) atoms. The summed E-state index contributed by atoms with van der Waals surface area (Å²) < 4.78 is 2.49. The van der Waals surface area contributed by atoms with Crippen LogP contribution in [0.15, 0.2) is 24.3 Å². The fraction of sp³-hybridized carbons (Fsp3) is 0.450. The van der Waals surface area contributed by atoms with Crippen molar-refractivity contribution in [3.8, 4) is 0 Å². The van der Waals surface area contributed by atoms with E-state index < -0.39 is 5.66 Å². The molecule has 1 aromatic heterocycles. The van der Waals surface area contributed by atoms with Crippen LogP contribution in [-0.2, 0) is 16.1 Å². The summed E-state index contributed by atoms with van der Waals surface area (Å²) in [4.78, 5) is 41.8. The summed E-state index contributed by atoms with van der Waals surface area (Å²) in [6, 6.07) is 7.40. The van der Waals surface area contributed by atoms with Crippen LogP contribution in [0.2, 0.25) is 0 Å². The largest absolute Gasteiger partial charge is 0.347 e. The van der Waals surface area contributed by atoms with Gasteiger partial charge in [-0.3, -0.25) is 28.9 Å². The first-order valence-electron chi connectivity index (χ1n) is 10.1. The predicted octanol–water partition coefficient (Wildman–Crippen LogP) is 1.89. The van der Waals surface area contributed by atoms with Crippen LogP contribution in [0, 0.1) is 4.77 Å². The number of hydrogen-bond donors (Lipinski definition) is 2. The highest BCUT2D eigenvalue weighted by Crippen LogP contribution is 2.43. The monoisotopic (exact) mass is 426 g/mol. The standard InChI is InChI=1S/C20H22N6O3S/c1-20-9-8-17(28)26(20)14-5-3-2-4-13(14)18(29)24(20)11-16(27)21-10-15-22-23-19(30)25(15)12-6-7-12/h2-5,12H,6-11H2,1H3,(H,21,27)(H,23,30). The molecule has 2 aliphatic heterocycles. The molecule has 2 aromatic rings. The number of benzene rings is 1. The van der Waals surface area contributed by atoms with Crippen LogP contribution in [0.4, 0.5) is 5.69 Å². The molecule has 1 aromatic carbocycles. The van der Waals surface area contributed by atoms with E-state index in [1.54, 1.807) is 23.1 Å². The zero-order chi connectivity index (χ0) is 21.0. The van der Waals surface area contributed by atoms with Gasteiger partial charge in [0.25, 0.3) is 5.91 Å². The van der Waals surface area contributed by atoms with E-state index >= 15 is 0 Å². The van der Waals surface area contributed by atoms with Crippen LogP contribution in [0.25, 0.3) is 0 Å². The number of hydrogen-bond acceptors (Lipinski definition) is 5. The minimum atomic E-state index is -0.853. The first-order chi connectivity index (χ1) is 14.4. The molecular weight excluding hydrogens is 404 g/mol. The number of nitrogens with zero attached hydrogens (tertiary/aromatic N) is 4. The van der Waals surface area contributed by atoms with Crippen molar-refractivity contribution in [2.75, 3.05) is 11.4 Å². The Morgan fingerprint density at radius 3 is 2.87 bits per heavy atom. The molecule has 1 unspecified atom stereocenters. The molecule has 156 valence electrons. The van der Waals surface area contributed by atoms with Gasteiger partial charge < -0.3 is 10.2 Å². The Kier molecular flexibility index (Phi) is 4.28. The number of fused-ring (bicyclic) bond motifs is 3. The molecular formula is C20H22N6O3S. The second-order valence-corrected chi connectivity index (χ2v) is 8.56. The first kappa shape index (κ1) is 19.0. The molecule has 1 saturated carbocycles. The van der Waals surface area contributed by atoms with Gasteiger partial charge in [0.1, 0.15) is 12.2 Å². The Morgan fingerprint density at radius 1 is 1.33 bits per heavy atom. The van der Waals surface area contributed by atoms with Gasteiger partial charge in [0.05, 0.1) is 17.8 Å². The lowest BCUT2D eigenvalue weighted by Crippen LogP contribution is -2.63. The Balaban J connectivity index is 1.36. The third-order valence-electron chi connectivity index (χ3n) is 6.18. The molecule has 10 heteroatoms. The fourth-order valence-corrected chi connectivity index (χ4v) is 4.79. The van der Waals surface area contributed by atoms with Crippen molar-refractivity contribution >= 4 is 35.6 Å². The fourth-order valence-electron chi connectivity index (χ4n) is 4.49. The number of aromatic amines is 1. The Hall–Kier alpha value is -3.01. The quantitative estimate of drug-likeness (QED) is 0.711. The third kappa shape index (κ3) is 2.85. The van der Waals surface area contributed by atoms with E-state index in [1.165, 1.54) is 4.90 Å². The number of aromatic nitrogens is 3. The topological polar surface area (TPSA) is 103 Å². The minimum absolute atomic E-state index is 0.0390. The Morgan fingerprint density at radius 2 is 2.10 bits per heavy atom. The molecule has 0 bridgehead atoms. The first-order valence-corrected chi connectivity index (χ1v) is 10.5. The van der Waals surface area contributed by atoms with E-state index in [0.29, 0.717) is 40.7 Å². The van der Waals surface area contributed by atoms with Crippen molar-refractivity contribution in [2.45, 2.75) is 50.9 Å². The van der Waals surface area contributed by atoms with E-state index in [1.807, 2.05) is 17.6 Å². The Labute approximate surface area is 178 Å². The van der Waals surface area contributed by atoms with E-state index in [9.17, 15) is 14.4 Å². The molecule has 0 spiro atoms. The summed E-state index contributed by atoms with van der Waals surface area (Å²) in [6.07, 6.45) is 2.93. The third-order valence-corrected chi connectivity index (χ3v) is 6.47. The molecule has 3 aliphatic rings. The lowest BCUT2D eigenvalue weighted by molar-refractivity contribution is -0.124. The van der Waals surface area contributed by atoms with Crippen molar-refractivity contribution in [3.05, 3.63) is 40.4 Å². The van der Waals surface area contributed by atoms with Crippen LogP contribution in [0.3, 0.4) is 0 Å². The van der Waals surface area contributed by atoms with Crippen LogP contribution in [-0.4, -0.2) is 49.6 Å². The van der Waals surface area contributed by atoms with Gasteiger partial charge in [0.2, 0.25) is 11.8 Å². The second-order valence-electron chi connectivity index (χ2n) is 8.18. The number of nitrogens with one attached hydrogen (secondary N) is 2. The average molecular weight is 427 g/mol. The molecule has 1 saturated heterocycles. The average Bonchev–Trinajstić information content (AvgIpc) is 3.42. The van der Waals surface area contributed by atoms with Gasteiger partial charge in [-0.25, -0.2) is 0 Å². The van der Waals surface area contributed by atoms with Gasteiger partial charge in [-0.2, -0.15) is 5.10 Å². The van der Waals surface area contributed by atoms with Crippen molar-refractivity contribution in [3.63, 3.8) is 0 Å². The number of carbonyl (C=O) groups is 3. The minimum Gasteiger partial charge on any atom is -0.347 e. The maximum atomic E-state index is 13.2. The van der Waals surface area contributed by atoms with Crippen molar-refractivity contribution in [1.82, 2.24) is 25.0 Å². The van der Waals surface area contributed by atoms with Gasteiger partial charge in [-0.15, -0.1) is 0 Å². The molecule has 1 aliphatic carbocycles. The number of amides is 3. The van der Waals surface area contributed by atoms with Crippen molar-refractivity contribution in [1.29, 1.82) is 0 Å². The Bertz CT molecular complexity index is 1120. The van der Waals surface area contributed by atoms with E-state index in [-0.39, 0.29) is 30.8 Å². The van der Waals surface area contributed by atoms with Crippen LogP contribution in [0.1, 0.15) is 54.8 Å². The number of anilines is 1. The lowest BCUT2D eigenvalue weighted by Gasteiger charge is -2.48. The number of rotatable bonds is 5. The molecule has 1 atom stereocenters. The van der Waals surface area contributed by atoms with Gasteiger partial charge >= 0.3 is 0 Å². The molecule has 3 amide bonds. The van der Waals surface area contributed by atoms with Crippen molar-refractivity contribution in [2.24, 2.45) is 0 Å². The molecule has 2 N–H and O–H groups in total.